The molecule has 6 nitrogen and oxygen atoms in total. The SMILES string of the molecule is Cc1cccc(C(C)NC(=O)Nc2ccc(S(=O)(=O)Cc3ccc4c(c3)CNC4)cc2)c1. The molecule has 1 aliphatic heterocycles. The molecule has 0 fully saturated rings. The first-order chi connectivity index (χ1) is 15.3. The Morgan fingerprint density at radius 1 is 1.00 bits per heavy atom. The van der Waals surface area contributed by atoms with Crippen molar-refractivity contribution in [2.75, 3.05) is 5.32 Å². The molecule has 0 radical (unpaired) electrons. The zero-order chi connectivity index (χ0) is 22.7. The van der Waals surface area contributed by atoms with E-state index >= 15 is 0 Å². The molecule has 0 saturated carbocycles. The lowest BCUT2D eigenvalue weighted by Crippen LogP contribution is -2.31. The van der Waals surface area contributed by atoms with Gasteiger partial charge in [-0.3, -0.25) is 0 Å². The van der Waals surface area contributed by atoms with Gasteiger partial charge in [0, 0.05) is 18.8 Å². The molecule has 32 heavy (non-hydrogen) atoms. The van der Waals surface area contributed by atoms with E-state index in [2.05, 4.69) is 16.0 Å². The number of aryl methyl sites for hydroxylation is 1. The summed E-state index contributed by atoms with van der Waals surface area (Å²) in [7, 11) is -3.48. The van der Waals surface area contributed by atoms with Crippen molar-refractivity contribution >= 4 is 21.6 Å². The van der Waals surface area contributed by atoms with Gasteiger partial charge in [0.2, 0.25) is 0 Å². The van der Waals surface area contributed by atoms with Crippen molar-refractivity contribution in [2.24, 2.45) is 0 Å². The van der Waals surface area contributed by atoms with E-state index in [9.17, 15) is 13.2 Å². The highest BCUT2D eigenvalue weighted by atomic mass is 32.2. The van der Waals surface area contributed by atoms with Gasteiger partial charge in [0.05, 0.1) is 16.7 Å². The normalized spacial score (nSPS) is 13.9. The van der Waals surface area contributed by atoms with Gasteiger partial charge in [0.25, 0.3) is 0 Å². The minimum absolute atomic E-state index is 0.0540. The lowest BCUT2D eigenvalue weighted by molar-refractivity contribution is 0.249. The average molecular weight is 450 g/mol. The summed E-state index contributed by atoms with van der Waals surface area (Å²) in [6.45, 7) is 5.52. The maximum atomic E-state index is 12.8. The van der Waals surface area contributed by atoms with Crippen molar-refractivity contribution in [2.45, 2.75) is 43.6 Å². The molecule has 1 unspecified atom stereocenters. The van der Waals surface area contributed by atoms with Crippen LogP contribution < -0.4 is 16.0 Å². The number of fused-ring (bicyclic) bond motifs is 1. The van der Waals surface area contributed by atoms with Crippen LogP contribution in [0.5, 0.6) is 0 Å². The molecule has 166 valence electrons. The molecule has 0 aliphatic carbocycles. The van der Waals surface area contributed by atoms with Crippen LogP contribution in [0.2, 0.25) is 0 Å². The van der Waals surface area contributed by atoms with Crippen molar-refractivity contribution < 1.29 is 13.2 Å². The van der Waals surface area contributed by atoms with E-state index in [1.54, 1.807) is 12.1 Å². The second-order valence-electron chi connectivity index (χ2n) is 8.22. The van der Waals surface area contributed by atoms with Gasteiger partial charge in [0.15, 0.2) is 9.84 Å². The topological polar surface area (TPSA) is 87.3 Å². The fourth-order valence-corrected chi connectivity index (χ4v) is 5.21. The molecule has 7 heteroatoms. The molecular formula is C25H27N3O3S. The Kier molecular flexibility index (Phi) is 6.30. The summed E-state index contributed by atoms with van der Waals surface area (Å²) in [6.07, 6.45) is 0. The summed E-state index contributed by atoms with van der Waals surface area (Å²) >= 11 is 0. The first-order valence-corrected chi connectivity index (χ1v) is 12.2. The van der Waals surface area contributed by atoms with Crippen molar-refractivity contribution in [1.29, 1.82) is 0 Å². The van der Waals surface area contributed by atoms with E-state index in [0.29, 0.717) is 5.69 Å². The molecule has 3 aromatic rings. The summed E-state index contributed by atoms with van der Waals surface area (Å²) in [5, 5.41) is 8.92. The summed E-state index contributed by atoms with van der Waals surface area (Å²) < 4.78 is 25.7. The number of nitrogens with one attached hydrogen (secondary N) is 3. The molecule has 0 saturated heterocycles. The number of hydrogen-bond donors (Lipinski definition) is 3. The van der Waals surface area contributed by atoms with Gasteiger partial charge in [-0.05, 0) is 60.4 Å². The predicted molar refractivity (Wildman–Crippen MR) is 126 cm³/mol. The standard InChI is InChI=1S/C25H27N3O3S/c1-17-4-3-5-20(12-17)18(2)27-25(29)28-23-8-10-24(11-9-23)32(30,31)16-19-6-7-21-14-26-15-22(21)13-19/h3-13,18,26H,14-16H2,1-2H3,(H2,27,28,29). The lowest BCUT2D eigenvalue weighted by atomic mass is 10.1. The van der Waals surface area contributed by atoms with Crippen LogP contribution in [0.1, 0.15) is 40.8 Å². The largest absolute Gasteiger partial charge is 0.331 e. The Morgan fingerprint density at radius 2 is 1.75 bits per heavy atom. The van der Waals surface area contributed by atoms with Crippen molar-refractivity contribution in [3.05, 3.63) is 94.5 Å². The van der Waals surface area contributed by atoms with Crippen LogP contribution >= 0.6 is 0 Å². The molecule has 2 amide bonds. The Hall–Kier alpha value is -3.16. The van der Waals surface area contributed by atoms with E-state index in [4.69, 9.17) is 0 Å². The molecule has 0 bridgehead atoms. The first kappa shape index (κ1) is 22.0. The Bertz CT molecular complexity index is 1240. The molecule has 3 aromatic carbocycles. The third kappa shape index (κ3) is 5.18. The van der Waals surface area contributed by atoms with Crippen LogP contribution in [0.15, 0.2) is 71.6 Å². The first-order valence-electron chi connectivity index (χ1n) is 10.6. The number of anilines is 1. The number of sulfone groups is 1. The minimum atomic E-state index is -3.48. The third-order valence-corrected chi connectivity index (χ3v) is 7.32. The zero-order valence-electron chi connectivity index (χ0n) is 18.2. The number of hydrogen-bond acceptors (Lipinski definition) is 4. The molecular weight excluding hydrogens is 422 g/mol. The summed E-state index contributed by atoms with van der Waals surface area (Å²) in [6, 6.07) is 19.6. The zero-order valence-corrected chi connectivity index (χ0v) is 19.0. The van der Waals surface area contributed by atoms with Gasteiger partial charge in [-0.2, -0.15) is 0 Å². The molecule has 1 atom stereocenters. The van der Waals surface area contributed by atoms with Gasteiger partial charge in [-0.15, -0.1) is 0 Å². The molecule has 3 N–H and O–H groups in total. The van der Waals surface area contributed by atoms with Gasteiger partial charge < -0.3 is 16.0 Å². The molecule has 4 rings (SSSR count). The third-order valence-electron chi connectivity index (χ3n) is 5.62. The molecule has 1 aliphatic rings. The van der Waals surface area contributed by atoms with E-state index in [0.717, 1.165) is 35.3 Å². The van der Waals surface area contributed by atoms with Crippen LogP contribution in [0.25, 0.3) is 0 Å². The number of rotatable bonds is 6. The number of carbonyl (C=O) groups is 1. The van der Waals surface area contributed by atoms with Crippen LogP contribution in [-0.4, -0.2) is 14.4 Å². The fraction of sp³-hybridized carbons (Fsp3) is 0.240. The van der Waals surface area contributed by atoms with Gasteiger partial charge in [-0.25, -0.2) is 13.2 Å². The Morgan fingerprint density at radius 3 is 2.50 bits per heavy atom. The minimum Gasteiger partial charge on any atom is -0.331 e. The van der Waals surface area contributed by atoms with Crippen molar-refractivity contribution in [3.8, 4) is 0 Å². The molecule has 1 heterocycles. The lowest BCUT2D eigenvalue weighted by Gasteiger charge is -2.16. The second kappa shape index (κ2) is 9.14. The van der Waals surface area contributed by atoms with Gasteiger partial charge in [0.1, 0.15) is 0 Å². The summed E-state index contributed by atoms with van der Waals surface area (Å²) in [5.41, 5.74) is 5.83. The quantitative estimate of drug-likeness (QED) is 0.519. The fourth-order valence-electron chi connectivity index (χ4n) is 3.87. The van der Waals surface area contributed by atoms with E-state index in [1.807, 2.05) is 56.3 Å². The molecule has 0 aromatic heterocycles. The Balaban J connectivity index is 1.38. The van der Waals surface area contributed by atoms with Crippen molar-refractivity contribution in [1.82, 2.24) is 10.6 Å². The van der Waals surface area contributed by atoms with Crippen LogP contribution in [0.4, 0.5) is 10.5 Å². The van der Waals surface area contributed by atoms with Crippen molar-refractivity contribution in [3.63, 3.8) is 0 Å². The smallest absolute Gasteiger partial charge is 0.319 e. The number of urea groups is 1. The average Bonchev–Trinajstić information content (AvgIpc) is 3.21. The highest BCUT2D eigenvalue weighted by Crippen LogP contribution is 2.22. The van der Waals surface area contributed by atoms with Crippen LogP contribution in [0, 0.1) is 6.92 Å². The summed E-state index contributed by atoms with van der Waals surface area (Å²) in [4.78, 5) is 12.6. The molecule has 0 spiro atoms. The number of amides is 2. The van der Waals surface area contributed by atoms with E-state index < -0.39 is 9.84 Å². The van der Waals surface area contributed by atoms with Crippen LogP contribution in [0.3, 0.4) is 0 Å². The number of benzene rings is 3. The number of carbonyl (C=O) groups excluding carboxylic acids is 1. The van der Waals surface area contributed by atoms with Gasteiger partial charge in [-0.1, -0.05) is 48.0 Å². The van der Waals surface area contributed by atoms with E-state index in [1.165, 1.54) is 17.7 Å². The maximum absolute atomic E-state index is 12.8. The highest BCUT2D eigenvalue weighted by Gasteiger charge is 2.18. The Labute approximate surface area is 189 Å². The highest BCUT2D eigenvalue weighted by molar-refractivity contribution is 7.90. The second-order valence-corrected chi connectivity index (χ2v) is 10.2. The van der Waals surface area contributed by atoms with E-state index in [-0.39, 0.29) is 22.7 Å². The van der Waals surface area contributed by atoms with Crippen LogP contribution in [-0.2, 0) is 28.7 Å². The predicted octanol–water partition coefficient (Wildman–Crippen LogP) is 4.45. The maximum Gasteiger partial charge on any atom is 0.319 e. The monoisotopic (exact) mass is 449 g/mol. The van der Waals surface area contributed by atoms with Gasteiger partial charge >= 0.3 is 6.03 Å². The summed E-state index contributed by atoms with van der Waals surface area (Å²) in [5.74, 6) is -0.0540.